The van der Waals surface area contributed by atoms with Crippen LogP contribution in [0.3, 0.4) is 0 Å². The molecule has 0 aromatic rings. The Bertz CT molecular complexity index is 123. The molecule has 2 atom stereocenters. The van der Waals surface area contributed by atoms with Crippen molar-refractivity contribution in [3.63, 3.8) is 0 Å². The highest BCUT2D eigenvalue weighted by Crippen LogP contribution is 2.12. The largest absolute Gasteiger partial charge is 0.319 e. The van der Waals surface area contributed by atoms with Gasteiger partial charge in [0.15, 0.2) is 0 Å². The topological polar surface area (TPSA) is 15.3 Å². The molecule has 0 radical (unpaired) electrons. The minimum atomic E-state index is 0.652. The van der Waals surface area contributed by atoms with Gasteiger partial charge >= 0.3 is 0 Å². The van der Waals surface area contributed by atoms with Crippen LogP contribution < -0.4 is 5.32 Å². The maximum Gasteiger partial charge on any atom is 0.0107 e. The molecular weight excluding hydrogens is 160 g/mol. The molecule has 0 amide bonds. The van der Waals surface area contributed by atoms with Gasteiger partial charge in [-0.1, -0.05) is 13.8 Å². The molecule has 0 aromatic carbocycles. The summed E-state index contributed by atoms with van der Waals surface area (Å²) in [5.41, 5.74) is 0. The molecule has 1 N–H and O–H groups in total. The first-order valence-electron chi connectivity index (χ1n) is 5.44. The predicted octanol–water partition coefficient (Wildman–Crippen LogP) is 1.96. The van der Waals surface area contributed by atoms with Crippen molar-refractivity contribution < 1.29 is 0 Å². The van der Waals surface area contributed by atoms with E-state index in [0.717, 1.165) is 13.1 Å². The maximum atomic E-state index is 3.24. The van der Waals surface area contributed by atoms with E-state index >= 15 is 0 Å². The highest BCUT2D eigenvalue weighted by molar-refractivity contribution is 4.75. The van der Waals surface area contributed by atoms with Gasteiger partial charge < -0.3 is 5.32 Å². The summed E-state index contributed by atoms with van der Waals surface area (Å²) in [6.07, 6.45) is 0. The molecule has 0 saturated carbocycles. The van der Waals surface area contributed by atoms with Gasteiger partial charge in [0.1, 0.15) is 0 Å². The molecule has 2 heteroatoms. The van der Waals surface area contributed by atoms with Crippen molar-refractivity contribution in [2.24, 2.45) is 5.92 Å². The minimum Gasteiger partial charge on any atom is -0.319 e. The Balaban J connectivity index is 4.10. The Morgan fingerprint density at radius 3 is 2.00 bits per heavy atom. The van der Waals surface area contributed by atoms with E-state index in [1.54, 1.807) is 0 Å². The van der Waals surface area contributed by atoms with Crippen molar-refractivity contribution in [3.8, 4) is 0 Å². The maximum absolute atomic E-state index is 3.24. The molecule has 2 unspecified atom stereocenters. The first-order valence-corrected chi connectivity index (χ1v) is 5.44. The summed E-state index contributed by atoms with van der Waals surface area (Å²) in [5.74, 6) is 0.715. The number of hydrogen-bond donors (Lipinski definition) is 1. The van der Waals surface area contributed by atoms with Crippen LogP contribution in [0.5, 0.6) is 0 Å². The average Bonchev–Trinajstić information content (AvgIpc) is 2.05. The summed E-state index contributed by atoms with van der Waals surface area (Å²) in [7, 11) is 2.02. The molecule has 2 nitrogen and oxygen atoms in total. The van der Waals surface area contributed by atoms with Crippen molar-refractivity contribution in [3.05, 3.63) is 0 Å². The molecule has 0 bridgehead atoms. The fourth-order valence-corrected chi connectivity index (χ4v) is 1.94. The minimum absolute atomic E-state index is 0.652. The fourth-order valence-electron chi connectivity index (χ4n) is 1.94. The lowest BCUT2D eigenvalue weighted by molar-refractivity contribution is 0.131. The van der Waals surface area contributed by atoms with Gasteiger partial charge in [-0.15, -0.1) is 0 Å². The lowest BCUT2D eigenvalue weighted by atomic mass is 10.0. The number of nitrogens with zero attached hydrogens (tertiary/aromatic N) is 1. The summed E-state index contributed by atoms with van der Waals surface area (Å²) < 4.78 is 0. The molecule has 0 aliphatic heterocycles. The van der Waals surface area contributed by atoms with Gasteiger partial charge in [-0.3, -0.25) is 4.90 Å². The highest BCUT2D eigenvalue weighted by atomic mass is 15.2. The van der Waals surface area contributed by atoms with E-state index in [1.807, 2.05) is 7.05 Å². The third-order valence-electron chi connectivity index (χ3n) is 2.90. The highest BCUT2D eigenvalue weighted by Gasteiger charge is 2.20. The Kier molecular flexibility index (Phi) is 6.35. The summed E-state index contributed by atoms with van der Waals surface area (Å²) in [6.45, 7) is 13.7. The average molecular weight is 186 g/mol. The van der Waals surface area contributed by atoms with Crippen molar-refractivity contribution in [1.82, 2.24) is 10.2 Å². The molecule has 0 aliphatic rings. The van der Waals surface area contributed by atoms with Crippen LogP contribution in [0.25, 0.3) is 0 Å². The fraction of sp³-hybridized carbons (Fsp3) is 1.00. The van der Waals surface area contributed by atoms with E-state index in [2.05, 4.69) is 44.8 Å². The lowest BCUT2D eigenvalue weighted by Gasteiger charge is -2.35. The van der Waals surface area contributed by atoms with E-state index in [4.69, 9.17) is 0 Å². The van der Waals surface area contributed by atoms with Gasteiger partial charge in [0, 0.05) is 12.1 Å². The van der Waals surface area contributed by atoms with Crippen molar-refractivity contribution in [2.45, 2.75) is 46.7 Å². The normalized spacial score (nSPS) is 16.6. The molecule has 80 valence electrons. The number of hydrogen-bond acceptors (Lipinski definition) is 2. The Labute approximate surface area is 83.7 Å². The Morgan fingerprint density at radius 2 is 1.69 bits per heavy atom. The van der Waals surface area contributed by atoms with Crippen LogP contribution in [-0.2, 0) is 0 Å². The number of rotatable bonds is 6. The smallest absolute Gasteiger partial charge is 0.0107 e. The third kappa shape index (κ3) is 4.10. The second-order valence-corrected chi connectivity index (χ2v) is 4.20. The van der Waals surface area contributed by atoms with Crippen LogP contribution in [0, 0.1) is 5.92 Å². The van der Waals surface area contributed by atoms with Gasteiger partial charge in [-0.25, -0.2) is 0 Å². The van der Waals surface area contributed by atoms with Crippen LogP contribution in [0.4, 0.5) is 0 Å². The zero-order valence-corrected chi connectivity index (χ0v) is 10.1. The summed E-state index contributed by atoms with van der Waals surface area (Å²) >= 11 is 0. The van der Waals surface area contributed by atoms with E-state index in [0.29, 0.717) is 18.0 Å². The molecule has 0 aromatic heterocycles. The standard InChI is InChI=1S/C11H26N2/c1-7-13(9(2)3)11(5)10(4)8-12-6/h9-12H,7-8H2,1-6H3. The van der Waals surface area contributed by atoms with Gasteiger partial charge in [0.05, 0.1) is 0 Å². The Morgan fingerprint density at radius 1 is 1.15 bits per heavy atom. The van der Waals surface area contributed by atoms with E-state index in [-0.39, 0.29) is 0 Å². The molecule has 0 fully saturated rings. The molecule has 0 aliphatic carbocycles. The van der Waals surface area contributed by atoms with Gasteiger partial charge in [-0.2, -0.15) is 0 Å². The summed E-state index contributed by atoms with van der Waals surface area (Å²) in [6, 6.07) is 1.32. The van der Waals surface area contributed by atoms with Crippen molar-refractivity contribution in [2.75, 3.05) is 20.1 Å². The summed E-state index contributed by atoms with van der Waals surface area (Å²) in [5, 5.41) is 3.24. The van der Waals surface area contributed by atoms with E-state index in [9.17, 15) is 0 Å². The molecule has 0 heterocycles. The van der Waals surface area contributed by atoms with Crippen LogP contribution in [0.1, 0.15) is 34.6 Å². The number of nitrogens with one attached hydrogen (secondary N) is 1. The van der Waals surface area contributed by atoms with E-state index < -0.39 is 0 Å². The molecular formula is C11H26N2. The van der Waals surface area contributed by atoms with Crippen LogP contribution in [0.2, 0.25) is 0 Å². The Hall–Kier alpha value is -0.0800. The quantitative estimate of drug-likeness (QED) is 0.682. The lowest BCUT2D eigenvalue weighted by Crippen LogP contribution is -2.44. The van der Waals surface area contributed by atoms with Crippen molar-refractivity contribution in [1.29, 1.82) is 0 Å². The molecule has 0 rings (SSSR count). The zero-order valence-electron chi connectivity index (χ0n) is 10.1. The third-order valence-corrected chi connectivity index (χ3v) is 2.90. The first-order chi connectivity index (χ1) is 6.04. The van der Waals surface area contributed by atoms with Gasteiger partial charge in [0.2, 0.25) is 0 Å². The zero-order chi connectivity index (χ0) is 10.4. The first kappa shape index (κ1) is 12.9. The SMILES string of the molecule is CCN(C(C)C)C(C)C(C)CNC. The van der Waals surface area contributed by atoms with Crippen molar-refractivity contribution >= 4 is 0 Å². The second-order valence-electron chi connectivity index (χ2n) is 4.20. The molecule has 0 saturated heterocycles. The van der Waals surface area contributed by atoms with Crippen LogP contribution >= 0.6 is 0 Å². The second kappa shape index (κ2) is 6.39. The molecule has 0 spiro atoms. The van der Waals surface area contributed by atoms with Crippen LogP contribution in [-0.4, -0.2) is 37.1 Å². The van der Waals surface area contributed by atoms with E-state index in [1.165, 1.54) is 0 Å². The monoisotopic (exact) mass is 186 g/mol. The van der Waals surface area contributed by atoms with Gasteiger partial charge in [-0.05, 0) is 46.8 Å². The predicted molar refractivity (Wildman–Crippen MR) is 60.1 cm³/mol. The summed E-state index contributed by atoms with van der Waals surface area (Å²) in [4.78, 5) is 2.54. The van der Waals surface area contributed by atoms with Gasteiger partial charge in [0.25, 0.3) is 0 Å². The van der Waals surface area contributed by atoms with Crippen LogP contribution in [0.15, 0.2) is 0 Å². The molecule has 13 heavy (non-hydrogen) atoms.